The summed E-state index contributed by atoms with van der Waals surface area (Å²) in [6, 6.07) is 7.11. The Bertz CT molecular complexity index is 938. The number of benzene rings is 1. The molecule has 1 amide bonds. The second-order valence-corrected chi connectivity index (χ2v) is 5.58. The summed E-state index contributed by atoms with van der Waals surface area (Å²) in [7, 11) is 2.87. The summed E-state index contributed by atoms with van der Waals surface area (Å²) in [6.45, 7) is 1.79. The van der Waals surface area contributed by atoms with Crippen molar-refractivity contribution >= 4 is 28.5 Å². The van der Waals surface area contributed by atoms with Gasteiger partial charge in [0.15, 0.2) is 0 Å². The zero-order chi connectivity index (χ0) is 18.0. The number of H-pyrrole nitrogens is 1. The normalized spacial score (nSPS) is 10.7. The third-order valence-corrected chi connectivity index (χ3v) is 3.83. The number of aromatic amines is 1. The second-order valence-electron chi connectivity index (χ2n) is 5.58. The molecule has 0 aliphatic rings. The molecule has 0 spiro atoms. The molecule has 0 unspecified atom stereocenters. The highest BCUT2D eigenvalue weighted by atomic mass is 16.5. The number of amides is 1. The molecule has 25 heavy (non-hydrogen) atoms. The van der Waals surface area contributed by atoms with Gasteiger partial charge in [-0.2, -0.15) is 0 Å². The van der Waals surface area contributed by atoms with Crippen LogP contribution in [0.25, 0.3) is 11.0 Å². The van der Waals surface area contributed by atoms with Crippen molar-refractivity contribution in [3.63, 3.8) is 0 Å². The van der Waals surface area contributed by atoms with Crippen LogP contribution >= 0.6 is 0 Å². The summed E-state index contributed by atoms with van der Waals surface area (Å²) in [4.78, 5) is 27.0. The largest absolute Gasteiger partial charge is 0.497 e. The molecule has 7 heteroatoms. The van der Waals surface area contributed by atoms with Gasteiger partial charge in [-0.25, -0.2) is 4.79 Å². The van der Waals surface area contributed by atoms with Crippen molar-refractivity contribution in [1.29, 1.82) is 0 Å². The minimum atomic E-state index is -0.538. The van der Waals surface area contributed by atoms with Crippen molar-refractivity contribution in [1.82, 2.24) is 4.98 Å². The van der Waals surface area contributed by atoms with Crippen molar-refractivity contribution in [3.05, 3.63) is 47.5 Å². The van der Waals surface area contributed by atoms with Gasteiger partial charge in [0.25, 0.3) is 0 Å². The number of ether oxygens (including phenoxy) is 2. The van der Waals surface area contributed by atoms with E-state index in [1.54, 1.807) is 32.4 Å². The van der Waals surface area contributed by atoms with Crippen molar-refractivity contribution in [2.45, 2.75) is 13.3 Å². The molecule has 1 aromatic carbocycles. The minimum absolute atomic E-state index is 0.115. The number of aromatic nitrogens is 1. The summed E-state index contributed by atoms with van der Waals surface area (Å²) in [5.41, 5.74) is 2.76. The Morgan fingerprint density at radius 1 is 1.24 bits per heavy atom. The number of esters is 1. The lowest BCUT2D eigenvalue weighted by Gasteiger charge is -2.05. The van der Waals surface area contributed by atoms with Crippen LogP contribution in [0.5, 0.6) is 5.75 Å². The van der Waals surface area contributed by atoms with Crippen LogP contribution in [0.15, 0.2) is 34.9 Å². The van der Waals surface area contributed by atoms with Crippen molar-refractivity contribution in [3.8, 4) is 5.75 Å². The third kappa shape index (κ3) is 3.35. The molecular weight excluding hydrogens is 324 g/mol. The smallest absolute Gasteiger partial charge is 0.356 e. The molecule has 0 saturated heterocycles. The quantitative estimate of drug-likeness (QED) is 0.695. The van der Waals surface area contributed by atoms with Gasteiger partial charge in [-0.05, 0) is 25.1 Å². The molecule has 0 saturated carbocycles. The van der Waals surface area contributed by atoms with Crippen molar-refractivity contribution in [2.75, 3.05) is 19.5 Å². The van der Waals surface area contributed by atoms with Gasteiger partial charge in [0, 0.05) is 22.7 Å². The minimum Gasteiger partial charge on any atom is -0.497 e. The number of carbonyl (C=O) groups is 2. The molecule has 0 atom stereocenters. The van der Waals surface area contributed by atoms with E-state index in [0.29, 0.717) is 17.0 Å². The molecule has 0 fully saturated rings. The Balaban J connectivity index is 1.79. The monoisotopic (exact) mass is 342 g/mol. The van der Waals surface area contributed by atoms with Crippen LogP contribution in [0.1, 0.15) is 21.7 Å². The topological polar surface area (TPSA) is 93.6 Å². The average molecular weight is 342 g/mol. The van der Waals surface area contributed by atoms with Crippen LogP contribution in [0.3, 0.4) is 0 Å². The maximum atomic E-state index is 12.4. The van der Waals surface area contributed by atoms with Gasteiger partial charge in [-0.15, -0.1) is 0 Å². The number of nitrogens with one attached hydrogen (secondary N) is 2. The van der Waals surface area contributed by atoms with Gasteiger partial charge >= 0.3 is 5.97 Å². The lowest BCUT2D eigenvalue weighted by molar-refractivity contribution is -0.115. The van der Waals surface area contributed by atoms with Crippen molar-refractivity contribution < 1.29 is 23.5 Å². The van der Waals surface area contributed by atoms with E-state index in [1.807, 2.05) is 12.1 Å². The van der Waals surface area contributed by atoms with Crippen LogP contribution in [-0.4, -0.2) is 31.1 Å². The van der Waals surface area contributed by atoms with E-state index >= 15 is 0 Å². The van der Waals surface area contributed by atoms with Gasteiger partial charge in [0.1, 0.15) is 17.0 Å². The van der Waals surface area contributed by atoms with Crippen LogP contribution in [-0.2, 0) is 16.0 Å². The van der Waals surface area contributed by atoms with E-state index in [1.165, 1.54) is 7.11 Å². The number of carbonyl (C=O) groups excluding carboxylic acids is 2. The summed E-state index contributed by atoms with van der Waals surface area (Å²) >= 11 is 0. The van der Waals surface area contributed by atoms with Crippen LogP contribution < -0.4 is 10.1 Å². The highest BCUT2D eigenvalue weighted by Crippen LogP contribution is 2.26. The Hall–Kier alpha value is -3.22. The zero-order valence-corrected chi connectivity index (χ0v) is 14.1. The molecule has 3 rings (SSSR count). The van der Waals surface area contributed by atoms with E-state index in [0.717, 1.165) is 16.6 Å². The van der Waals surface area contributed by atoms with Gasteiger partial charge in [-0.1, -0.05) is 0 Å². The van der Waals surface area contributed by atoms with Gasteiger partial charge in [0.05, 0.1) is 32.6 Å². The fourth-order valence-corrected chi connectivity index (χ4v) is 2.65. The zero-order valence-electron chi connectivity index (χ0n) is 14.1. The maximum Gasteiger partial charge on any atom is 0.356 e. The SMILES string of the molecule is COC(=O)c1[nH]c(C)cc1NC(=O)Cc1coc2cc(OC)ccc12. The highest BCUT2D eigenvalue weighted by molar-refractivity contribution is 6.01. The fraction of sp³-hybridized carbons (Fsp3) is 0.222. The first-order valence-electron chi connectivity index (χ1n) is 7.63. The molecule has 2 N–H and O–H groups in total. The molecule has 130 valence electrons. The Morgan fingerprint density at radius 3 is 2.76 bits per heavy atom. The van der Waals surface area contributed by atoms with Crippen LogP contribution in [0.4, 0.5) is 5.69 Å². The van der Waals surface area contributed by atoms with Gasteiger partial charge in [0.2, 0.25) is 5.91 Å². The molecule has 2 heterocycles. The van der Waals surface area contributed by atoms with Crippen molar-refractivity contribution in [2.24, 2.45) is 0 Å². The summed E-state index contributed by atoms with van der Waals surface area (Å²) < 4.78 is 15.3. The summed E-state index contributed by atoms with van der Waals surface area (Å²) in [5.74, 6) is -0.115. The van der Waals surface area contributed by atoms with E-state index in [9.17, 15) is 9.59 Å². The Labute approximate surface area is 143 Å². The maximum absolute atomic E-state index is 12.4. The Kier molecular flexibility index (Phi) is 4.47. The molecular formula is C18H18N2O5. The molecule has 7 nitrogen and oxygen atoms in total. The van der Waals surface area contributed by atoms with Crippen LogP contribution in [0, 0.1) is 6.92 Å². The lowest BCUT2D eigenvalue weighted by Crippen LogP contribution is -2.16. The molecule has 3 aromatic rings. The first-order valence-corrected chi connectivity index (χ1v) is 7.63. The standard InChI is InChI=1S/C18H18N2O5/c1-10-6-14(17(19-10)18(22)24-3)20-16(21)7-11-9-25-15-8-12(23-2)4-5-13(11)15/h4-6,8-9,19H,7H2,1-3H3,(H,20,21). The number of rotatable bonds is 5. The number of furan rings is 1. The molecule has 0 bridgehead atoms. The second kappa shape index (κ2) is 6.72. The fourth-order valence-electron chi connectivity index (χ4n) is 2.65. The summed E-state index contributed by atoms with van der Waals surface area (Å²) in [5, 5.41) is 3.58. The molecule has 0 aliphatic carbocycles. The van der Waals surface area contributed by atoms with Gasteiger partial charge < -0.3 is 24.2 Å². The van der Waals surface area contributed by atoms with E-state index in [4.69, 9.17) is 13.9 Å². The number of hydrogen-bond acceptors (Lipinski definition) is 5. The predicted molar refractivity (Wildman–Crippen MR) is 92.0 cm³/mol. The number of aryl methyl sites for hydroxylation is 1. The third-order valence-electron chi connectivity index (χ3n) is 3.83. The molecule has 0 aliphatic heterocycles. The molecule has 2 aromatic heterocycles. The van der Waals surface area contributed by atoms with Gasteiger partial charge in [-0.3, -0.25) is 4.79 Å². The number of anilines is 1. The van der Waals surface area contributed by atoms with E-state index < -0.39 is 5.97 Å². The predicted octanol–water partition coefficient (Wildman–Crippen LogP) is 3.05. The average Bonchev–Trinajstić information content (AvgIpc) is 3.17. The Morgan fingerprint density at radius 2 is 2.04 bits per heavy atom. The molecule has 0 radical (unpaired) electrons. The summed E-state index contributed by atoms with van der Waals surface area (Å²) in [6.07, 6.45) is 1.66. The van der Waals surface area contributed by atoms with E-state index in [2.05, 4.69) is 10.3 Å². The number of methoxy groups -OCH3 is 2. The first kappa shape index (κ1) is 16.6. The highest BCUT2D eigenvalue weighted by Gasteiger charge is 2.18. The number of hydrogen-bond donors (Lipinski definition) is 2. The van der Waals surface area contributed by atoms with E-state index in [-0.39, 0.29) is 18.0 Å². The lowest BCUT2D eigenvalue weighted by atomic mass is 10.1. The first-order chi connectivity index (χ1) is 12.0. The van der Waals surface area contributed by atoms with Crippen LogP contribution in [0.2, 0.25) is 0 Å². The number of fused-ring (bicyclic) bond motifs is 1.